The first-order valence-corrected chi connectivity index (χ1v) is 5.64. The van der Waals surface area contributed by atoms with E-state index in [1.807, 2.05) is 7.05 Å². The molecule has 0 aliphatic carbocycles. The maximum atomic E-state index is 3.22. The zero-order valence-corrected chi connectivity index (χ0v) is 11.0. The van der Waals surface area contributed by atoms with Crippen LogP contribution in [0.5, 0.6) is 0 Å². The Morgan fingerprint density at radius 1 is 1.21 bits per heavy atom. The Hall–Kier alpha value is -0.0800. The summed E-state index contributed by atoms with van der Waals surface area (Å²) < 4.78 is 0. The summed E-state index contributed by atoms with van der Waals surface area (Å²) in [6, 6.07) is 0.627. The molecule has 0 aromatic heterocycles. The number of nitrogens with zero attached hydrogens (tertiary/aromatic N) is 1. The Morgan fingerprint density at radius 3 is 2.07 bits per heavy atom. The summed E-state index contributed by atoms with van der Waals surface area (Å²) in [5.41, 5.74) is 0.369. The molecular formula is C12H28N2. The molecular weight excluding hydrogens is 172 g/mol. The second kappa shape index (κ2) is 5.72. The third kappa shape index (κ3) is 4.97. The van der Waals surface area contributed by atoms with Gasteiger partial charge in [0.2, 0.25) is 0 Å². The predicted octanol–water partition coefficient (Wildman–Crippen LogP) is 2.21. The molecule has 0 fully saturated rings. The van der Waals surface area contributed by atoms with Crippen molar-refractivity contribution in [2.75, 3.05) is 27.2 Å². The molecule has 86 valence electrons. The molecule has 0 aromatic carbocycles. The standard InChI is InChI=1S/C12H28N2/c1-10(8-13-6)9-14(7)11(2)12(3,4)5/h10-11,13H,8-9H2,1-7H3. The highest BCUT2D eigenvalue weighted by atomic mass is 15.1. The Bertz CT molecular complexity index is 149. The number of hydrogen-bond acceptors (Lipinski definition) is 2. The summed E-state index contributed by atoms with van der Waals surface area (Å²) in [7, 11) is 4.24. The fraction of sp³-hybridized carbons (Fsp3) is 1.00. The van der Waals surface area contributed by atoms with Crippen molar-refractivity contribution in [1.29, 1.82) is 0 Å². The first-order chi connectivity index (χ1) is 6.29. The van der Waals surface area contributed by atoms with Crippen molar-refractivity contribution in [3.8, 4) is 0 Å². The smallest absolute Gasteiger partial charge is 0.0112 e. The SMILES string of the molecule is CNCC(C)CN(C)C(C)C(C)(C)C. The number of nitrogens with one attached hydrogen (secondary N) is 1. The van der Waals surface area contributed by atoms with Crippen LogP contribution in [0.2, 0.25) is 0 Å². The van der Waals surface area contributed by atoms with Crippen LogP contribution in [0, 0.1) is 11.3 Å². The van der Waals surface area contributed by atoms with Crippen LogP contribution in [0.25, 0.3) is 0 Å². The van der Waals surface area contributed by atoms with Gasteiger partial charge in [-0.25, -0.2) is 0 Å². The summed E-state index contributed by atoms with van der Waals surface area (Å²) in [4.78, 5) is 2.46. The van der Waals surface area contributed by atoms with E-state index in [1.165, 1.54) is 6.54 Å². The summed E-state index contributed by atoms with van der Waals surface area (Å²) in [6.07, 6.45) is 0. The van der Waals surface area contributed by atoms with Crippen molar-refractivity contribution in [1.82, 2.24) is 10.2 Å². The topological polar surface area (TPSA) is 15.3 Å². The Morgan fingerprint density at radius 2 is 1.71 bits per heavy atom. The van der Waals surface area contributed by atoms with Gasteiger partial charge in [-0.1, -0.05) is 27.7 Å². The number of hydrogen-bond donors (Lipinski definition) is 1. The molecule has 0 saturated heterocycles. The summed E-state index contributed by atoms with van der Waals surface area (Å²) in [5.74, 6) is 0.717. The monoisotopic (exact) mass is 200 g/mol. The van der Waals surface area contributed by atoms with Gasteiger partial charge in [-0.3, -0.25) is 0 Å². The number of rotatable bonds is 5. The highest BCUT2D eigenvalue weighted by molar-refractivity contribution is 4.78. The van der Waals surface area contributed by atoms with E-state index in [9.17, 15) is 0 Å². The lowest BCUT2D eigenvalue weighted by atomic mass is 9.87. The maximum Gasteiger partial charge on any atom is 0.0112 e. The van der Waals surface area contributed by atoms with Crippen LogP contribution in [0.4, 0.5) is 0 Å². The molecule has 0 saturated carbocycles. The van der Waals surface area contributed by atoms with Crippen molar-refractivity contribution in [3.05, 3.63) is 0 Å². The fourth-order valence-electron chi connectivity index (χ4n) is 1.72. The van der Waals surface area contributed by atoms with Gasteiger partial charge >= 0.3 is 0 Å². The molecule has 0 spiro atoms. The second-order valence-corrected chi connectivity index (χ2v) is 5.64. The molecule has 14 heavy (non-hydrogen) atoms. The van der Waals surface area contributed by atoms with Gasteiger partial charge in [-0.15, -0.1) is 0 Å². The van der Waals surface area contributed by atoms with Gasteiger partial charge in [0.05, 0.1) is 0 Å². The summed E-state index contributed by atoms with van der Waals surface area (Å²) in [6.45, 7) is 13.8. The predicted molar refractivity (Wildman–Crippen MR) is 64.6 cm³/mol. The van der Waals surface area contributed by atoms with E-state index in [-0.39, 0.29) is 0 Å². The van der Waals surface area contributed by atoms with Crippen LogP contribution >= 0.6 is 0 Å². The summed E-state index contributed by atoms with van der Waals surface area (Å²) >= 11 is 0. The van der Waals surface area contributed by atoms with Gasteiger partial charge in [0, 0.05) is 12.6 Å². The van der Waals surface area contributed by atoms with E-state index in [4.69, 9.17) is 0 Å². The van der Waals surface area contributed by atoms with Crippen LogP contribution in [0.3, 0.4) is 0 Å². The van der Waals surface area contributed by atoms with E-state index in [2.05, 4.69) is 51.9 Å². The van der Waals surface area contributed by atoms with Crippen LogP contribution in [0.1, 0.15) is 34.6 Å². The third-order valence-electron chi connectivity index (χ3n) is 3.07. The van der Waals surface area contributed by atoms with Crippen LogP contribution in [-0.4, -0.2) is 38.1 Å². The van der Waals surface area contributed by atoms with Crippen molar-refractivity contribution in [2.45, 2.75) is 40.7 Å². The highest BCUT2D eigenvalue weighted by Gasteiger charge is 2.24. The lowest BCUT2D eigenvalue weighted by molar-refractivity contribution is 0.125. The minimum Gasteiger partial charge on any atom is -0.319 e. The largest absolute Gasteiger partial charge is 0.319 e. The molecule has 0 radical (unpaired) electrons. The van der Waals surface area contributed by atoms with Crippen LogP contribution < -0.4 is 5.32 Å². The fourth-order valence-corrected chi connectivity index (χ4v) is 1.72. The first-order valence-electron chi connectivity index (χ1n) is 5.64. The van der Waals surface area contributed by atoms with Crippen molar-refractivity contribution in [3.63, 3.8) is 0 Å². The normalized spacial score (nSPS) is 17.1. The Kier molecular flexibility index (Phi) is 5.68. The molecule has 2 atom stereocenters. The van der Waals surface area contributed by atoms with Crippen LogP contribution in [0.15, 0.2) is 0 Å². The molecule has 0 aliphatic rings. The maximum absolute atomic E-state index is 3.22. The molecule has 0 amide bonds. The minimum atomic E-state index is 0.369. The third-order valence-corrected chi connectivity index (χ3v) is 3.07. The molecule has 0 rings (SSSR count). The van der Waals surface area contributed by atoms with Gasteiger partial charge in [0.15, 0.2) is 0 Å². The highest BCUT2D eigenvalue weighted by Crippen LogP contribution is 2.23. The molecule has 2 unspecified atom stereocenters. The molecule has 0 aliphatic heterocycles. The van der Waals surface area contributed by atoms with Crippen molar-refractivity contribution >= 4 is 0 Å². The molecule has 2 heteroatoms. The Labute approximate surface area is 90.1 Å². The zero-order chi connectivity index (χ0) is 11.4. The van der Waals surface area contributed by atoms with E-state index in [0.717, 1.165) is 12.5 Å². The van der Waals surface area contributed by atoms with Gasteiger partial charge in [-0.05, 0) is 38.9 Å². The molecule has 0 aromatic rings. The lowest BCUT2D eigenvalue weighted by Crippen LogP contribution is -2.42. The molecule has 0 bridgehead atoms. The van der Waals surface area contributed by atoms with E-state index in [0.29, 0.717) is 11.5 Å². The van der Waals surface area contributed by atoms with E-state index >= 15 is 0 Å². The second-order valence-electron chi connectivity index (χ2n) is 5.64. The first kappa shape index (κ1) is 13.9. The van der Waals surface area contributed by atoms with E-state index < -0.39 is 0 Å². The van der Waals surface area contributed by atoms with Gasteiger partial charge < -0.3 is 10.2 Å². The summed E-state index contributed by atoms with van der Waals surface area (Å²) in [5, 5.41) is 3.22. The van der Waals surface area contributed by atoms with E-state index in [1.54, 1.807) is 0 Å². The Balaban J connectivity index is 4.01. The average molecular weight is 200 g/mol. The zero-order valence-electron chi connectivity index (χ0n) is 11.0. The van der Waals surface area contributed by atoms with Gasteiger partial charge in [0.25, 0.3) is 0 Å². The van der Waals surface area contributed by atoms with Gasteiger partial charge in [-0.2, -0.15) is 0 Å². The lowest BCUT2D eigenvalue weighted by Gasteiger charge is -2.36. The van der Waals surface area contributed by atoms with Crippen LogP contribution in [-0.2, 0) is 0 Å². The van der Waals surface area contributed by atoms with Crippen molar-refractivity contribution in [2.24, 2.45) is 11.3 Å². The average Bonchev–Trinajstić information content (AvgIpc) is 2.01. The minimum absolute atomic E-state index is 0.369. The van der Waals surface area contributed by atoms with Gasteiger partial charge in [0.1, 0.15) is 0 Å². The molecule has 1 N–H and O–H groups in total. The molecule has 0 heterocycles. The quantitative estimate of drug-likeness (QED) is 0.732. The molecule has 2 nitrogen and oxygen atoms in total. The van der Waals surface area contributed by atoms with Crippen molar-refractivity contribution < 1.29 is 0 Å².